The van der Waals surface area contributed by atoms with Crippen molar-refractivity contribution in [1.82, 2.24) is 14.5 Å². The maximum Gasteiger partial charge on any atom is 0.160 e. The van der Waals surface area contributed by atoms with Crippen LogP contribution in [0.25, 0.3) is 11.4 Å². The molecule has 3 aromatic rings. The predicted octanol–water partition coefficient (Wildman–Crippen LogP) is 3.13. The zero-order chi connectivity index (χ0) is 19.4. The summed E-state index contributed by atoms with van der Waals surface area (Å²) >= 11 is 0. The molecular formula is C19H14F2N6. The second-order valence-electron chi connectivity index (χ2n) is 5.50. The number of pyridine rings is 1. The third-order valence-corrected chi connectivity index (χ3v) is 3.57. The summed E-state index contributed by atoms with van der Waals surface area (Å²) in [5, 5.41) is 0. The van der Waals surface area contributed by atoms with E-state index < -0.39 is 11.6 Å². The highest BCUT2D eigenvalue weighted by atomic mass is 19.2. The van der Waals surface area contributed by atoms with Crippen molar-refractivity contribution in [2.45, 2.75) is 0 Å². The van der Waals surface area contributed by atoms with E-state index in [4.69, 9.17) is 12.2 Å². The molecule has 1 aromatic carbocycles. The lowest BCUT2D eigenvalue weighted by Gasteiger charge is -2.09. The van der Waals surface area contributed by atoms with Crippen molar-refractivity contribution in [3.63, 3.8) is 0 Å². The Kier molecular flexibility index (Phi) is 5.04. The van der Waals surface area contributed by atoms with Gasteiger partial charge in [0.2, 0.25) is 0 Å². The van der Waals surface area contributed by atoms with Crippen LogP contribution in [0.5, 0.6) is 0 Å². The lowest BCUT2D eigenvalue weighted by atomic mass is 10.1. The minimum atomic E-state index is -1.02. The molecule has 0 aliphatic rings. The minimum absolute atomic E-state index is 0.0461. The van der Waals surface area contributed by atoms with E-state index in [1.165, 1.54) is 18.5 Å². The number of hydrogen-bond donors (Lipinski definition) is 1. The Balaban J connectivity index is 2.14. The summed E-state index contributed by atoms with van der Waals surface area (Å²) in [7, 11) is 1.82. The second kappa shape index (κ2) is 7.58. The molecule has 2 aromatic heterocycles. The average Bonchev–Trinajstić information content (AvgIpc) is 3.09. The fourth-order valence-corrected chi connectivity index (χ4v) is 2.37. The average molecular weight is 364 g/mol. The van der Waals surface area contributed by atoms with Crippen LogP contribution in [-0.4, -0.2) is 26.6 Å². The number of aryl methyl sites for hydroxylation is 1. The van der Waals surface area contributed by atoms with Gasteiger partial charge in [-0.2, -0.15) is 0 Å². The number of benzene rings is 1. The van der Waals surface area contributed by atoms with Crippen LogP contribution in [0.1, 0.15) is 5.56 Å². The summed E-state index contributed by atoms with van der Waals surface area (Å²) in [6, 6.07) is 4.85. The highest BCUT2D eigenvalue weighted by Gasteiger charge is 2.15. The molecule has 0 amide bonds. The highest BCUT2D eigenvalue weighted by Crippen LogP contribution is 2.31. The van der Waals surface area contributed by atoms with Gasteiger partial charge in [-0.3, -0.25) is 4.98 Å². The molecule has 3 rings (SSSR count). The van der Waals surface area contributed by atoms with Crippen LogP contribution < -0.4 is 5.73 Å². The number of halogens is 2. The molecule has 0 radical (unpaired) electrons. The molecule has 134 valence electrons. The van der Waals surface area contributed by atoms with Crippen molar-refractivity contribution in [2.75, 3.05) is 0 Å². The maximum atomic E-state index is 13.4. The molecule has 0 spiro atoms. The molecule has 2 N–H and O–H groups in total. The van der Waals surface area contributed by atoms with Crippen molar-refractivity contribution in [1.29, 1.82) is 0 Å². The van der Waals surface area contributed by atoms with E-state index in [9.17, 15) is 8.78 Å². The Morgan fingerprint density at radius 2 is 2.07 bits per heavy atom. The van der Waals surface area contributed by atoms with Crippen LogP contribution >= 0.6 is 0 Å². The van der Waals surface area contributed by atoms with Gasteiger partial charge in [-0.1, -0.05) is 5.92 Å². The smallest absolute Gasteiger partial charge is 0.160 e. The van der Waals surface area contributed by atoms with Gasteiger partial charge in [0.1, 0.15) is 22.9 Å². The number of hydrogen-bond acceptors (Lipinski definition) is 4. The zero-order valence-electron chi connectivity index (χ0n) is 14.3. The number of aliphatic imine (C=N–C) groups is 2. The lowest BCUT2D eigenvalue weighted by Crippen LogP contribution is -2.14. The van der Waals surface area contributed by atoms with Crippen LogP contribution in [-0.2, 0) is 7.05 Å². The zero-order valence-corrected chi connectivity index (χ0v) is 14.3. The standard InChI is InChI=1S/C19H14F2N6/c1-3-7-23-17-13(6-8-24-18(17)16-10-27(2)11-25-16)19(22)26-12-4-5-14(20)15(21)9-12/h1,4-11H,2H3,(H2,22,26)/b23-7+. The molecule has 8 heteroatoms. The maximum absolute atomic E-state index is 13.4. The van der Waals surface area contributed by atoms with Crippen molar-refractivity contribution in [3.8, 4) is 23.7 Å². The number of nitrogens with zero attached hydrogens (tertiary/aromatic N) is 5. The Hall–Kier alpha value is -3.86. The lowest BCUT2D eigenvalue weighted by molar-refractivity contribution is 0.509. The monoisotopic (exact) mass is 364 g/mol. The molecule has 0 saturated heterocycles. The molecule has 0 aliphatic carbocycles. The van der Waals surface area contributed by atoms with Gasteiger partial charge in [0.25, 0.3) is 0 Å². The van der Waals surface area contributed by atoms with Crippen LogP contribution in [0.3, 0.4) is 0 Å². The first-order valence-corrected chi connectivity index (χ1v) is 7.75. The normalized spacial score (nSPS) is 11.7. The number of nitrogens with two attached hydrogens (primary N) is 1. The van der Waals surface area contributed by atoms with Crippen LogP contribution in [0.4, 0.5) is 20.2 Å². The van der Waals surface area contributed by atoms with Gasteiger partial charge in [-0.15, -0.1) is 6.42 Å². The Morgan fingerprint density at radius 3 is 2.74 bits per heavy atom. The predicted molar refractivity (Wildman–Crippen MR) is 100 cm³/mol. The fourth-order valence-electron chi connectivity index (χ4n) is 2.37. The molecule has 0 saturated carbocycles. The quantitative estimate of drug-likeness (QED) is 0.439. The highest BCUT2D eigenvalue weighted by molar-refractivity contribution is 6.05. The van der Waals surface area contributed by atoms with Gasteiger partial charge < -0.3 is 10.3 Å². The Morgan fingerprint density at radius 1 is 1.26 bits per heavy atom. The number of imidazole rings is 1. The largest absolute Gasteiger partial charge is 0.383 e. The third-order valence-electron chi connectivity index (χ3n) is 3.57. The first-order valence-electron chi connectivity index (χ1n) is 7.75. The second-order valence-corrected chi connectivity index (χ2v) is 5.50. The number of rotatable bonds is 4. The molecule has 0 aliphatic heterocycles. The summed E-state index contributed by atoms with van der Waals surface area (Å²) in [6.07, 6.45) is 11.5. The fraction of sp³-hybridized carbons (Fsp3) is 0.0526. The van der Waals surface area contributed by atoms with E-state index >= 15 is 0 Å². The Labute approximate surface area is 154 Å². The SMILES string of the molecule is C#C/C=N/c1c(/C(N)=N\c2ccc(F)c(F)c2)ccnc1-c1cn(C)cn1. The van der Waals surface area contributed by atoms with E-state index in [1.807, 2.05) is 7.05 Å². The summed E-state index contributed by atoms with van der Waals surface area (Å²) in [4.78, 5) is 17.0. The molecule has 2 heterocycles. The summed E-state index contributed by atoms with van der Waals surface area (Å²) in [5.74, 6) is 0.379. The molecular weight excluding hydrogens is 350 g/mol. The molecule has 0 unspecified atom stereocenters. The van der Waals surface area contributed by atoms with Crippen molar-refractivity contribution in [3.05, 3.63) is 60.2 Å². The van der Waals surface area contributed by atoms with E-state index in [0.717, 1.165) is 12.1 Å². The van der Waals surface area contributed by atoms with Gasteiger partial charge in [0.15, 0.2) is 11.6 Å². The molecule has 0 fully saturated rings. The minimum Gasteiger partial charge on any atom is -0.383 e. The van der Waals surface area contributed by atoms with E-state index in [2.05, 4.69) is 25.9 Å². The number of amidine groups is 1. The van der Waals surface area contributed by atoms with Gasteiger partial charge in [0.05, 0.1) is 18.2 Å². The van der Waals surface area contributed by atoms with Gasteiger partial charge in [-0.25, -0.2) is 23.7 Å². The first-order chi connectivity index (χ1) is 13.0. The molecule has 0 bridgehead atoms. The molecule has 27 heavy (non-hydrogen) atoms. The molecule has 6 nitrogen and oxygen atoms in total. The number of terminal acetylenes is 1. The van der Waals surface area contributed by atoms with Crippen LogP contribution in [0, 0.1) is 24.0 Å². The van der Waals surface area contributed by atoms with Crippen molar-refractivity contribution < 1.29 is 8.78 Å². The third kappa shape index (κ3) is 3.88. The first kappa shape index (κ1) is 17.9. The van der Waals surface area contributed by atoms with Crippen LogP contribution in [0.15, 0.2) is 53.0 Å². The van der Waals surface area contributed by atoms with E-state index in [0.29, 0.717) is 22.6 Å². The van der Waals surface area contributed by atoms with Crippen LogP contribution in [0.2, 0.25) is 0 Å². The topological polar surface area (TPSA) is 81.5 Å². The summed E-state index contributed by atoms with van der Waals surface area (Å²) < 4.78 is 28.3. The summed E-state index contributed by atoms with van der Waals surface area (Å²) in [5.41, 5.74) is 8.10. The van der Waals surface area contributed by atoms with E-state index in [1.54, 1.807) is 23.2 Å². The summed E-state index contributed by atoms with van der Waals surface area (Å²) in [6.45, 7) is 0. The van der Waals surface area contributed by atoms with Gasteiger partial charge >= 0.3 is 0 Å². The van der Waals surface area contributed by atoms with Crippen molar-refractivity contribution >= 4 is 23.4 Å². The van der Waals surface area contributed by atoms with E-state index in [-0.39, 0.29) is 11.5 Å². The number of aromatic nitrogens is 3. The van der Waals surface area contributed by atoms with Crippen molar-refractivity contribution in [2.24, 2.45) is 22.8 Å². The molecule has 0 atom stereocenters. The Bertz CT molecular complexity index is 1090. The van der Waals surface area contributed by atoms with Gasteiger partial charge in [-0.05, 0) is 18.2 Å². The van der Waals surface area contributed by atoms with Gasteiger partial charge in [0, 0.05) is 31.1 Å².